The number of likely N-dealkylation sites (N-methyl/N-ethyl adjacent to an activating group) is 1. The summed E-state index contributed by atoms with van der Waals surface area (Å²) in [6, 6.07) is 15.8. The van der Waals surface area contributed by atoms with E-state index in [4.69, 9.17) is 14.5 Å². The lowest BCUT2D eigenvalue weighted by Gasteiger charge is -2.12. The average molecular weight is 550 g/mol. The standard InChI is InChI=1S/C30H35N3O3S2/c1-4-6-7-8-9-13-18-36-25-17-16-22(19-26(25)35-3)20-27-28(34)33(5-2)30(38-27)32-29-31-24(21-37-29)23-14-11-10-12-15-23/h10-12,14-17,19-21H,4-9,13,18H2,1-3H3/b27-20-,32-30+. The molecule has 6 nitrogen and oxygen atoms in total. The molecule has 0 atom stereocenters. The van der Waals surface area contributed by atoms with Crippen LogP contribution < -0.4 is 9.47 Å². The maximum atomic E-state index is 13.1. The Labute approximate surface area is 233 Å². The molecule has 0 unspecified atom stereocenters. The van der Waals surface area contributed by atoms with E-state index in [1.807, 2.05) is 66.9 Å². The summed E-state index contributed by atoms with van der Waals surface area (Å²) in [5, 5.41) is 3.27. The molecule has 0 spiro atoms. The van der Waals surface area contributed by atoms with Crippen molar-refractivity contribution in [1.82, 2.24) is 9.88 Å². The van der Waals surface area contributed by atoms with E-state index >= 15 is 0 Å². The summed E-state index contributed by atoms with van der Waals surface area (Å²) in [7, 11) is 1.64. The van der Waals surface area contributed by atoms with Gasteiger partial charge in [-0.1, -0.05) is 75.4 Å². The van der Waals surface area contributed by atoms with Crippen LogP contribution in [0.15, 0.2) is 63.8 Å². The number of hydrogen-bond donors (Lipinski definition) is 0. The molecule has 0 radical (unpaired) electrons. The van der Waals surface area contributed by atoms with Gasteiger partial charge < -0.3 is 9.47 Å². The Morgan fingerprint density at radius 2 is 1.79 bits per heavy atom. The molecule has 0 saturated carbocycles. The van der Waals surface area contributed by atoms with Crippen molar-refractivity contribution in [1.29, 1.82) is 0 Å². The van der Waals surface area contributed by atoms with E-state index in [9.17, 15) is 4.79 Å². The molecular weight excluding hydrogens is 514 g/mol. The Hall–Kier alpha value is -3.10. The van der Waals surface area contributed by atoms with Crippen LogP contribution in [0.2, 0.25) is 0 Å². The Morgan fingerprint density at radius 3 is 2.55 bits per heavy atom. The molecule has 2 heterocycles. The number of rotatable bonds is 13. The van der Waals surface area contributed by atoms with Crippen molar-refractivity contribution in [2.24, 2.45) is 4.99 Å². The first-order chi connectivity index (χ1) is 18.6. The van der Waals surface area contributed by atoms with E-state index in [2.05, 4.69) is 11.9 Å². The number of aromatic nitrogens is 1. The molecular formula is C30H35N3O3S2. The largest absolute Gasteiger partial charge is 0.493 e. The molecule has 3 aromatic rings. The van der Waals surface area contributed by atoms with E-state index in [1.54, 1.807) is 12.0 Å². The van der Waals surface area contributed by atoms with Crippen LogP contribution in [0.3, 0.4) is 0 Å². The van der Waals surface area contributed by atoms with Gasteiger partial charge >= 0.3 is 0 Å². The number of benzene rings is 2. The molecule has 1 saturated heterocycles. The second-order valence-corrected chi connectivity index (χ2v) is 10.8. The number of unbranched alkanes of at least 4 members (excludes halogenated alkanes) is 5. The molecule has 1 aromatic heterocycles. The highest BCUT2D eigenvalue weighted by Crippen LogP contribution is 2.37. The molecule has 1 amide bonds. The van der Waals surface area contributed by atoms with Crippen molar-refractivity contribution in [2.75, 3.05) is 20.3 Å². The maximum absolute atomic E-state index is 13.1. The van der Waals surface area contributed by atoms with Crippen LogP contribution in [0, 0.1) is 0 Å². The number of hydrogen-bond acceptors (Lipinski definition) is 7. The molecule has 200 valence electrons. The van der Waals surface area contributed by atoms with Crippen LogP contribution in [0.4, 0.5) is 5.13 Å². The molecule has 4 rings (SSSR count). The SMILES string of the molecule is CCCCCCCCOc1ccc(/C=C2\S/C(=N/c3nc(-c4ccccc4)cs3)N(CC)C2=O)cc1OC. The van der Waals surface area contributed by atoms with Crippen LogP contribution in [0.25, 0.3) is 17.3 Å². The average Bonchev–Trinajstić information content (AvgIpc) is 3.53. The summed E-state index contributed by atoms with van der Waals surface area (Å²) in [5.41, 5.74) is 2.81. The van der Waals surface area contributed by atoms with E-state index < -0.39 is 0 Å². The highest BCUT2D eigenvalue weighted by molar-refractivity contribution is 8.18. The number of nitrogens with zero attached hydrogens (tertiary/aromatic N) is 3. The normalized spacial score (nSPS) is 15.6. The number of carbonyl (C=O) groups excluding carboxylic acids is 1. The van der Waals surface area contributed by atoms with Crippen LogP contribution >= 0.6 is 23.1 Å². The number of thiazole rings is 1. The van der Waals surface area contributed by atoms with Gasteiger partial charge in [0.25, 0.3) is 5.91 Å². The van der Waals surface area contributed by atoms with Crippen LogP contribution in [-0.2, 0) is 4.79 Å². The summed E-state index contributed by atoms with van der Waals surface area (Å²) in [5.74, 6) is 1.33. The summed E-state index contributed by atoms with van der Waals surface area (Å²) in [6.45, 7) is 5.39. The predicted octanol–water partition coefficient (Wildman–Crippen LogP) is 8.18. The zero-order valence-electron chi connectivity index (χ0n) is 22.3. The molecule has 8 heteroatoms. The summed E-state index contributed by atoms with van der Waals surface area (Å²) >= 11 is 2.84. The van der Waals surface area contributed by atoms with Gasteiger partial charge in [-0.3, -0.25) is 9.69 Å². The third-order valence-corrected chi connectivity index (χ3v) is 7.94. The number of ether oxygens (including phenoxy) is 2. The lowest BCUT2D eigenvalue weighted by molar-refractivity contribution is -0.122. The monoisotopic (exact) mass is 549 g/mol. The zero-order valence-corrected chi connectivity index (χ0v) is 23.9. The second-order valence-electron chi connectivity index (χ2n) is 8.96. The van der Waals surface area contributed by atoms with Gasteiger partial charge in [0.15, 0.2) is 16.7 Å². The minimum Gasteiger partial charge on any atom is -0.493 e. The van der Waals surface area contributed by atoms with Gasteiger partial charge in [0.1, 0.15) is 0 Å². The quantitative estimate of drug-likeness (QED) is 0.159. The van der Waals surface area contributed by atoms with Crippen molar-refractivity contribution >= 4 is 45.4 Å². The number of thioether (sulfide) groups is 1. The van der Waals surface area contributed by atoms with Crippen molar-refractivity contribution < 1.29 is 14.3 Å². The Kier molecular flexibility index (Phi) is 10.4. The molecule has 1 aliphatic heterocycles. The molecule has 0 N–H and O–H groups in total. The van der Waals surface area contributed by atoms with Crippen molar-refractivity contribution in [3.8, 4) is 22.8 Å². The van der Waals surface area contributed by atoms with Crippen molar-refractivity contribution in [2.45, 2.75) is 52.4 Å². The molecule has 38 heavy (non-hydrogen) atoms. The van der Waals surface area contributed by atoms with Crippen LogP contribution in [-0.4, -0.2) is 41.2 Å². The first-order valence-electron chi connectivity index (χ1n) is 13.2. The fraction of sp³-hybridized carbons (Fsp3) is 0.367. The Bertz CT molecular complexity index is 1270. The number of carbonyl (C=O) groups is 1. The molecule has 0 aliphatic carbocycles. The maximum Gasteiger partial charge on any atom is 0.266 e. The summed E-state index contributed by atoms with van der Waals surface area (Å²) < 4.78 is 11.6. The van der Waals surface area contributed by atoms with E-state index in [0.717, 1.165) is 29.0 Å². The molecule has 1 aliphatic rings. The topological polar surface area (TPSA) is 64.0 Å². The van der Waals surface area contributed by atoms with Crippen LogP contribution in [0.5, 0.6) is 11.5 Å². The van der Waals surface area contributed by atoms with Crippen molar-refractivity contribution in [3.63, 3.8) is 0 Å². The van der Waals surface area contributed by atoms with Gasteiger partial charge in [0.05, 0.1) is 24.3 Å². The predicted molar refractivity (Wildman–Crippen MR) is 159 cm³/mol. The van der Waals surface area contributed by atoms with Gasteiger partial charge in [-0.25, -0.2) is 4.98 Å². The fourth-order valence-corrected chi connectivity index (χ4v) is 5.92. The number of amidine groups is 1. The minimum absolute atomic E-state index is 0.0570. The Morgan fingerprint density at radius 1 is 1.00 bits per heavy atom. The first kappa shape index (κ1) is 27.9. The minimum atomic E-state index is -0.0570. The number of amides is 1. The fourth-order valence-electron chi connectivity index (χ4n) is 4.12. The summed E-state index contributed by atoms with van der Waals surface area (Å²) in [4.78, 5) is 24.8. The lowest BCUT2D eigenvalue weighted by Crippen LogP contribution is -2.28. The highest BCUT2D eigenvalue weighted by atomic mass is 32.2. The first-order valence-corrected chi connectivity index (χ1v) is 14.9. The summed E-state index contributed by atoms with van der Waals surface area (Å²) in [6.07, 6.45) is 9.20. The van der Waals surface area contributed by atoms with E-state index in [1.165, 1.54) is 55.2 Å². The number of methoxy groups -OCH3 is 1. The third-order valence-electron chi connectivity index (χ3n) is 6.20. The van der Waals surface area contributed by atoms with E-state index in [-0.39, 0.29) is 5.91 Å². The Balaban J connectivity index is 1.44. The van der Waals surface area contributed by atoms with Gasteiger partial charge in [-0.2, -0.15) is 4.99 Å². The third kappa shape index (κ3) is 7.26. The zero-order chi connectivity index (χ0) is 26.7. The van der Waals surface area contributed by atoms with Gasteiger partial charge in [-0.05, 0) is 48.9 Å². The molecule has 1 fully saturated rings. The van der Waals surface area contributed by atoms with Gasteiger partial charge in [0, 0.05) is 17.5 Å². The highest BCUT2D eigenvalue weighted by Gasteiger charge is 2.32. The van der Waals surface area contributed by atoms with Gasteiger partial charge in [0.2, 0.25) is 5.13 Å². The molecule has 0 bridgehead atoms. The van der Waals surface area contributed by atoms with Gasteiger partial charge in [-0.15, -0.1) is 11.3 Å². The molecule has 2 aromatic carbocycles. The lowest BCUT2D eigenvalue weighted by atomic mass is 10.1. The van der Waals surface area contributed by atoms with Crippen LogP contribution in [0.1, 0.15) is 57.9 Å². The van der Waals surface area contributed by atoms with Crippen molar-refractivity contribution in [3.05, 3.63) is 64.4 Å². The number of aliphatic imine (C=N–C) groups is 1. The smallest absolute Gasteiger partial charge is 0.266 e. The van der Waals surface area contributed by atoms with E-state index in [0.29, 0.717) is 34.1 Å². The second kappa shape index (κ2) is 14.2.